The van der Waals surface area contributed by atoms with Gasteiger partial charge in [-0.05, 0) is 82.0 Å². The number of rotatable bonds is 8. The Morgan fingerprint density at radius 1 is 0.900 bits per heavy atom. The molecule has 0 saturated carbocycles. The average Bonchev–Trinajstić information content (AvgIpc) is 2.63. The first-order valence-electron chi connectivity index (χ1n) is 9.52. The molecule has 30 heavy (non-hydrogen) atoms. The highest BCUT2D eigenvalue weighted by molar-refractivity contribution is 7.89. The van der Waals surface area contributed by atoms with Crippen molar-refractivity contribution in [2.75, 3.05) is 13.2 Å². The summed E-state index contributed by atoms with van der Waals surface area (Å²) in [6.07, 6.45) is 0. The Hall–Kier alpha value is -1.45. The summed E-state index contributed by atoms with van der Waals surface area (Å²) in [5.41, 5.74) is 2.54. The SMILES string of the molecule is Cc1ccc(C)c(S(=O)(=O)OCCN(C(C)C)S(=O)(=O)c2cc(C)c(Cl)cc2C)c1. The molecule has 0 saturated heterocycles. The van der Waals surface area contributed by atoms with Gasteiger partial charge in [-0.15, -0.1) is 0 Å². The van der Waals surface area contributed by atoms with E-state index in [9.17, 15) is 16.8 Å². The monoisotopic (exact) mass is 473 g/mol. The molecule has 0 unspecified atom stereocenters. The third-order valence-electron chi connectivity index (χ3n) is 4.78. The maximum atomic E-state index is 13.3. The first-order chi connectivity index (χ1) is 13.8. The van der Waals surface area contributed by atoms with Crippen molar-refractivity contribution in [1.29, 1.82) is 0 Å². The van der Waals surface area contributed by atoms with Gasteiger partial charge in [0.1, 0.15) is 0 Å². The van der Waals surface area contributed by atoms with Gasteiger partial charge in [-0.1, -0.05) is 23.7 Å². The van der Waals surface area contributed by atoms with Crippen LogP contribution in [0.25, 0.3) is 0 Å². The molecule has 2 aromatic carbocycles. The van der Waals surface area contributed by atoms with Crippen molar-refractivity contribution in [3.8, 4) is 0 Å². The number of halogens is 1. The summed E-state index contributed by atoms with van der Waals surface area (Å²) in [5.74, 6) is 0. The van der Waals surface area contributed by atoms with Crippen molar-refractivity contribution in [2.45, 2.75) is 57.4 Å². The molecule has 0 radical (unpaired) electrons. The largest absolute Gasteiger partial charge is 0.297 e. The lowest BCUT2D eigenvalue weighted by atomic mass is 10.2. The summed E-state index contributed by atoms with van der Waals surface area (Å²) in [4.78, 5) is 0.237. The molecule has 0 atom stereocenters. The van der Waals surface area contributed by atoms with Crippen LogP contribution in [0.2, 0.25) is 5.02 Å². The molecule has 0 N–H and O–H groups in total. The van der Waals surface area contributed by atoms with E-state index in [2.05, 4.69) is 0 Å². The molecule has 0 fully saturated rings. The highest BCUT2D eigenvalue weighted by Gasteiger charge is 2.29. The first kappa shape index (κ1) is 24.8. The maximum absolute atomic E-state index is 13.3. The summed E-state index contributed by atoms with van der Waals surface area (Å²) in [6, 6.07) is 7.83. The molecule has 0 aliphatic rings. The van der Waals surface area contributed by atoms with Crippen LogP contribution in [0.4, 0.5) is 0 Å². The normalized spacial score (nSPS) is 12.7. The zero-order valence-corrected chi connectivity index (χ0v) is 20.5. The van der Waals surface area contributed by atoms with E-state index in [4.69, 9.17) is 15.8 Å². The van der Waals surface area contributed by atoms with E-state index in [1.807, 2.05) is 6.07 Å². The predicted octanol–water partition coefficient (Wildman–Crippen LogP) is 4.38. The van der Waals surface area contributed by atoms with Crippen molar-refractivity contribution in [3.63, 3.8) is 0 Å². The van der Waals surface area contributed by atoms with Gasteiger partial charge in [0.05, 0.1) is 16.4 Å². The van der Waals surface area contributed by atoms with Crippen LogP contribution in [0.5, 0.6) is 0 Å². The van der Waals surface area contributed by atoms with E-state index >= 15 is 0 Å². The van der Waals surface area contributed by atoms with Gasteiger partial charge in [0.25, 0.3) is 10.1 Å². The smallest absolute Gasteiger partial charge is 0.265 e. The second-order valence-corrected chi connectivity index (χ2v) is 11.5. The zero-order chi connectivity index (χ0) is 22.9. The Morgan fingerprint density at radius 2 is 1.53 bits per heavy atom. The summed E-state index contributed by atoms with van der Waals surface area (Å²) >= 11 is 6.10. The third kappa shape index (κ3) is 5.42. The Labute approximate surface area is 185 Å². The number of hydrogen-bond donors (Lipinski definition) is 0. The molecule has 0 aromatic heterocycles. The summed E-state index contributed by atoms with van der Waals surface area (Å²) < 4.78 is 58.2. The Kier molecular flexibility index (Phi) is 7.74. The van der Waals surface area contributed by atoms with Gasteiger partial charge < -0.3 is 0 Å². The van der Waals surface area contributed by atoms with Gasteiger partial charge >= 0.3 is 0 Å². The molecule has 2 rings (SSSR count). The Morgan fingerprint density at radius 3 is 2.13 bits per heavy atom. The number of aryl methyl sites for hydroxylation is 4. The topological polar surface area (TPSA) is 80.8 Å². The summed E-state index contributed by atoms with van der Waals surface area (Å²) in [7, 11) is -7.87. The molecule has 0 spiro atoms. The van der Waals surface area contributed by atoms with Crippen molar-refractivity contribution >= 4 is 31.7 Å². The van der Waals surface area contributed by atoms with Gasteiger partial charge in [0.15, 0.2) is 0 Å². The number of hydrogen-bond acceptors (Lipinski definition) is 5. The minimum atomic E-state index is -4.00. The molecular weight excluding hydrogens is 446 g/mol. The van der Waals surface area contributed by atoms with Gasteiger partial charge in [0.2, 0.25) is 10.0 Å². The quantitative estimate of drug-likeness (QED) is 0.531. The second kappa shape index (κ2) is 9.36. The van der Waals surface area contributed by atoms with Crippen LogP contribution >= 0.6 is 11.6 Å². The second-order valence-electron chi connectivity index (χ2n) is 7.62. The van der Waals surface area contributed by atoms with Gasteiger partial charge in [-0.3, -0.25) is 4.18 Å². The van der Waals surface area contributed by atoms with E-state index in [1.54, 1.807) is 59.7 Å². The van der Waals surface area contributed by atoms with Crippen LogP contribution in [-0.4, -0.2) is 40.3 Å². The lowest BCUT2D eigenvalue weighted by Gasteiger charge is -2.26. The lowest BCUT2D eigenvalue weighted by molar-refractivity contribution is 0.256. The molecule has 0 bridgehead atoms. The predicted molar refractivity (Wildman–Crippen MR) is 119 cm³/mol. The average molecular weight is 474 g/mol. The van der Waals surface area contributed by atoms with Crippen LogP contribution < -0.4 is 0 Å². The van der Waals surface area contributed by atoms with Crippen molar-refractivity contribution in [2.24, 2.45) is 0 Å². The third-order valence-corrected chi connectivity index (χ3v) is 8.86. The van der Waals surface area contributed by atoms with Crippen LogP contribution in [0.1, 0.15) is 36.1 Å². The molecule has 0 aliphatic heterocycles. The van der Waals surface area contributed by atoms with E-state index in [0.29, 0.717) is 21.7 Å². The van der Waals surface area contributed by atoms with E-state index < -0.39 is 26.2 Å². The lowest BCUT2D eigenvalue weighted by Crippen LogP contribution is -2.40. The van der Waals surface area contributed by atoms with E-state index in [1.165, 1.54) is 10.4 Å². The molecule has 166 valence electrons. The molecule has 2 aromatic rings. The van der Waals surface area contributed by atoms with Crippen LogP contribution in [0.15, 0.2) is 40.1 Å². The van der Waals surface area contributed by atoms with Gasteiger partial charge in [-0.2, -0.15) is 12.7 Å². The number of sulfonamides is 1. The van der Waals surface area contributed by atoms with Crippen LogP contribution in [0.3, 0.4) is 0 Å². The zero-order valence-electron chi connectivity index (χ0n) is 18.1. The van der Waals surface area contributed by atoms with Gasteiger partial charge in [-0.25, -0.2) is 8.42 Å². The van der Waals surface area contributed by atoms with Crippen LogP contribution in [0, 0.1) is 27.7 Å². The fraction of sp³-hybridized carbons (Fsp3) is 0.429. The minimum Gasteiger partial charge on any atom is -0.265 e. The van der Waals surface area contributed by atoms with Crippen molar-refractivity contribution in [1.82, 2.24) is 4.31 Å². The van der Waals surface area contributed by atoms with Crippen LogP contribution in [-0.2, 0) is 24.3 Å². The highest BCUT2D eigenvalue weighted by atomic mass is 35.5. The van der Waals surface area contributed by atoms with Gasteiger partial charge in [0, 0.05) is 17.6 Å². The summed E-state index contributed by atoms with van der Waals surface area (Å²) in [5, 5.41) is 0.491. The molecule has 0 heterocycles. The standard InChI is InChI=1S/C21H28ClNO5S2/c1-14(2)23(29(24,25)20-13-17(5)19(22)12-18(20)6)9-10-28-30(26,27)21-11-15(3)7-8-16(21)4/h7-8,11-14H,9-10H2,1-6H3. The van der Waals surface area contributed by atoms with E-state index in [-0.39, 0.29) is 22.9 Å². The van der Waals surface area contributed by atoms with E-state index in [0.717, 1.165) is 5.56 Å². The fourth-order valence-electron chi connectivity index (χ4n) is 3.09. The first-order valence-corrected chi connectivity index (χ1v) is 12.7. The highest BCUT2D eigenvalue weighted by Crippen LogP contribution is 2.27. The minimum absolute atomic E-state index is 0.0885. The Balaban J connectivity index is 2.26. The van der Waals surface area contributed by atoms with Crippen molar-refractivity contribution in [3.05, 3.63) is 57.6 Å². The molecule has 9 heteroatoms. The number of benzene rings is 2. The fourth-order valence-corrected chi connectivity index (χ4v) is 6.44. The van der Waals surface area contributed by atoms with Crippen molar-refractivity contribution < 1.29 is 21.0 Å². The molecule has 0 amide bonds. The Bertz CT molecular complexity index is 1140. The summed E-state index contributed by atoms with van der Waals surface area (Å²) in [6.45, 7) is 9.96. The molecule has 6 nitrogen and oxygen atoms in total. The molecule has 0 aliphatic carbocycles. The maximum Gasteiger partial charge on any atom is 0.297 e. The number of nitrogens with zero attached hydrogens (tertiary/aromatic N) is 1. The molecular formula is C21H28ClNO5S2.